The Balaban J connectivity index is 1.33. The Bertz CT molecular complexity index is 973. The Morgan fingerprint density at radius 1 is 0.969 bits per heavy atom. The standard InChI is InChI=1S/C24H26F2N2O3S/c25-17-7-8-21(20(26)15-17)31-18-9-13-28(14-10-18)24(30)19-5-1-2-6-22(19)32-16-23(29)27-11-3-4-12-27/h1-2,5-8,15,18H,3-4,9-14,16H2. The molecule has 2 saturated heterocycles. The lowest BCUT2D eigenvalue weighted by Gasteiger charge is -2.32. The predicted molar refractivity (Wildman–Crippen MR) is 119 cm³/mol. The smallest absolute Gasteiger partial charge is 0.254 e. The van der Waals surface area contributed by atoms with E-state index in [0.717, 1.165) is 36.9 Å². The third-order valence-corrected chi connectivity index (χ3v) is 6.90. The number of amides is 2. The summed E-state index contributed by atoms with van der Waals surface area (Å²) in [6.45, 7) is 2.60. The molecule has 0 N–H and O–H groups in total. The van der Waals surface area contributed by atoms with Gasteiger partial charge in [0.1, 0.15) is 11.9 Å². The van der Waals surface area contributed by atoms with Gasteiger partial charge in [0.25, 0.3) is 5.91 Å². The molecule has 2 aliphatic heterocycles. The van der Waals surface area contributed by atoms with Gasteiger partial charge < -0.3 is 14.5 Å². The Labute approximate surface area is 190 Å². The minimum Gasteiger partial charge on any atom is -0.487 e. The van der Waals surface area contributed by atoms with Gasteiger partial charge in [0, 0.05) is 50.0 Å². The number of thioether (sulfide) groups is 1. The first-order valence-electron chi connectivity index (χ1n) is 10.9. The number of halogens is 2. The monoisotopic (exact) mass is 460 g/mol. The first-order chi connectivity index (χ1) is 15.5. The van der Waals surface area contributed by atoms with Gasteiger partial charge in [-0.25, -0.2) is 8.78 Å². The van der Waals surface area contributed by atoms with Gasteiger partial charge in [-0.3, -0.25) is 9.59 Å². The molecule has 5 nitrogen and oxygen atoms in total. The molecule has 0 bridgehead atoms. The summed E-state index contributed by atoms with van der Waals surface area (Å²) in [7, 11) is 0. The number of nitrogens with zero attached hydrogens (tertiary/aromatic N) is 2. The first kappa shape index (κ1) is 22.6. The molecule has 2 amide bonds. The number of benzene rings is 2. The van der Waals surface area contributed by atoms with Crippen molar-refractivity contribution in [1.29, 1.82) is 0 Å². The largest absolute Gasteiger partial charge is 0.487 e. The van der Waals surface area contributed by atoms with Crippen molar-refractivity contribution in [3.8, 4) is 5.75 Å². The van der Waals surface area contributed by atoms with Crippen molar-refractivity contribution < 1.29 is 23.1 Å². The fourth-order valence-corrected chi connectivity index (χ4v) is 5.01. The molecule has 0 aromatic heterocycles. The Kier molecular flexibility index (Phi) is 7.29. The fraction of sp³-hybridized carbons (Fsp3) is 0.417. The Morgan fingerprint density at radius 2 is 1.69 bits per heavy atom. The van der Waals surface area contributed by atoms with E-state index in [-0.39, 0.29) is 23.7 Å². The summed E-state index contributed by atoms with van der Waals surface area (Å²) in [4.78, 5) is 30.0. The number of rotatable bonds is 6. The van der Waals surface area contributed by atoms with Gasteiger partial charge in [-0.15, -0.1) is 11.8 Å². The highest BCUT2D eigenvalue weighted by Gasteiger charge is 2.27. The number of piperidine rings is 1. The van der Waals surface area contributed by atoms with E-state index in [9.17, 15) is 18.4 Å². The van der Waals surface area contributed by atoms with Crippen LogP contribution >= 0.6 is 11.8 Å². The topological polar surface area (TPSA) is 49.9 Å². The van der Waals surface area contributed by atoms with Crippen molar-refractivity contribution in [2.75, 3.05) is 31.9 Å². The van der Waals surface area contributed by atoms with Gasteiger partial charge in [0.2, 0.25) is 5.91 Å². The van der Waals surface area contributed by atoms with E-state index in [0.29, 0.717) is 37.2 Å². The molecule has 0 atom stereocenters. The minimum atomic E-state index is -0.724. The van der Waals surface area contributed by atoms with Crippen molar-refractivity contribution in [2.45, 2.75) is 36.7 Å². The SMILES string of the molecule is O=C(CSc1ccccc1C(=O)N1CCC(Oc2ccc(F)cc2F)CC1)N1CCCC1. The molecule has 0 aliphatic carbocycles. The number of hydrogen-bond acceptors (Lipinski definition) is 4. The summed E-state index contributed by atoms with van der Waals surface area (Å²) >= 11 is 1.40. The van der Waals surface area contributed by atoms with Crippen LogP contribution in [-0.2, 0) is 4.79 Å². The van der Waals surface area contributed by atoms with E-state index < -0.39 is 11.6 Å². The van der Waals surface area contributed by atoms with Crippen molar-refractivity contribution in [2.24, 2.45) is 0 Å². The second-order valence-corrected chi connectivity index (χ2v) is 9.07. The van der Waals surface area contributed by atoms with E-state index in [4.69, 9.17) is 4.74 Å². The van der Waals surface area contributed by atoms with Crippen LogP contribution in [0.3, 0.4) is 0 Å². The maximum atomic E-state index is 13.8. The molecular formula is C24H26F2N2O3S. The number of hydrogen-bond donors (Lipinski definition) is 0. The van der Waals surface area contributed by atoms with Crippen molar-refractivity contribution in [3.63, 3.8) is 0 Å². The molecule has 170 valence electrons. The van der Waals surface area contributed by atoms with Crippen LogP contribution in [0, 0.1) is 11.6 Å². The average Bonchev–Trinajstić information content (AvgIpc) is 3.35. The molecule has 0 saturated carbocycles. The fourth-order valence-electron chi connectivity index (χ4n) is 4.06. The summed E-state index contributed by atoms with van der Waals surface area (Å²) < 4.78 is 32.6. The molecule has 0 unspecified atom stereocenters. The molecule has 0 radical (unpaired) electrons. The molecule has 32 heavy (non-hydrogen) atoms. The zero-order valence-electron chi connectivity index (χ0n) is 17.8. The highest BCUT2D eigenvalue weighted by atomic mass is 32.2. The van der Waals surface area contributed by atoms with Gasteiger partial charge in [0.05, 0.1) is 11.3 Å². The van der Waals surface area contributed by atoms with E-state index >= 15 is 0 Å². The maximum Gasteiger partial charge on any atom is 0.254 e. The molecular weight excluding hydrogens is 434 g/mol. The number of ether oxygens (including phenoxy) is 1. The molecule has 2 aliphatic rings. The van der Waals surface area contributed by atoms with Crippen molar-refractivity contribution in [1.82, 2.24) is 9.80 Å². The first-order valence-corrected chi connectivity index (χ1v) is 11.9. The lowest BCUT2D eigenvalue weighted by Crippen LogP contribution is -2.42. The summed E-state index contributed by atoms with van der Waals surface area (Å²) in [6.07, 6.45) is 3.00. The van der Waals surface area contributed by atoms with Gasteiger partial charge in [0.15, 0.2) is 11.6 Å². The van der Waals surface area contributed by atoms with Crippen LogP contribution in [0.15, 0.2) is 47.4 Å². The molecule has 2 aromatic carbocycles. The summed E-state index contributed by atoms with van der Waals surface area (Å²) in [6, 6.07) is 10.6. The summed E-state index contributed by atoms with van der Waals surface area (Å²) in [5.74, 6) is -0.981. The number of likely N-dealkylation sites (tertiary alicyclic amines) is 2. The second kappa shape index (κ2) is 10.3. The lowest BCUT2D eigenvalue weighted by molar-refractivity contribution is -0.127. The zero-order chi connectivity index (χ0) is 22.5. The third-order valence-electron chi connectivity index (χ3n) is 5.84. The second-order valence-electron chi connectivity index (χ2n) is 8.06. The Morgan fingerprint density at radius 3 is 2.41 bits per heavy atom. The van der Waals surface area contributed by atoms with Gasteiger partial charge in [-0.1, -0.05) is 12.1 Å². The predicted octanol–water partition coefficient (Wildman–Crippen LogP) is 4.36. The van der Waals surface area contributed by atoms with Crippen LogP contribution in [0.2, 0.25) is 0 Å². The van der Waals surface area contributed by atoms with E-state index in [1.165, 1.54) is 23.9 Å². The van der Waals surface area contributed by atoms with Crippen LogP contribution in [0.1, 0.15) is 36.0 Å². The quantitative estimate of drug-likeness (QED) is 0.601. The number of carbonyl (C=O) groups excluding carboxylic acids is 2. The maximum absolute atomic E-state index is 13.8. The summed E-state index contributed by atoms with van der Waals surface area (Å²) in [5.41, 5.74) is 0.593. The van der Waals surface area contributed by atoms with Gasteiger partial charge in [-0.05, 0) is 37.1 Å². The minimum absolute atomic E-state index is 0.0283. The molecule has 0 spiro atoms. The molecule has 2 fully saturated rings. The Hall–Kier alpha value is -2.61. The molecule has 4 rings (SSSR count). The van der Waals surface area contributed by atoms with Crippen LogP contribution in [-0.4, -0.2) is 59.7 Å². The van der Waals surface area contributed by atoms with Crippen LogP contribution in [0.5, 0.6) is 5.75 Å². The average molecular weight is 461 g/mol. The van der Waals surface area contributed by atoms with Gasteiger partial charge >= 0.3 is 0 Å². The van der Waals surface area contributed by atoms with Crippen LogP contribution in [0.25, 0.3) is 0 Å². The van der Waals surface area contributed by atoms with Crippen molar-refractivity contribution in [3.05, 3.63) is 59.7 Å². The molecule has 2 aromatic rings. The van der Waals surface area contributed by atoms with E-state index in [1.54, 1.807) is 11.0 Å². The lowest BCUT2D eigenvalue weighted by atomic mass is 10.1. The molecule has 2 heterocycles. The third kappa shape index (κ3) is 5.41. The normalized spacial score (nSPS) is 16.9. The summed E-state index contributed by atoms with van der Waals surface area (Å²) in [5, 5.41) is 0. The van der Waals surface area contributed by atoms with Crippen LogP contribution < -0.4 is 4.74 Å². The van der Waals surface area contributed by atoms with Crippen LogP contribution in [0.4, 0.5) is 8.78 Å². The zero-order valence-corrected chi connectivity index (χ0v) is 18.6. The van der Waals surface area contributed by atoms with Gasteiger partial charge in [-0.2, -0.15) is 0 Å². The highest BCUT2D eigenvalue weighted by molar-refractivity contribution is 8.00. The highest BCUT2D eigenvalue weighted by Crippen LogP contribution is 2.27. The molecule has 8 heteroatoms. The number of carbonyl (C=O) groups is 2. The van der Waals surface area contributed by atoms with E-state index in [2.05, 4.69) is 0 Å². The van der Waals surface area contributed by atoms with Crippen molar-refractivity contribution >= 4 is 23.6 Å². The van der Waals surface area contributed by atoms with E-state index in [1.807, 2.05) is 23.1 Å².